The van der Waals surface area contributed by atoms with Gasteiger partial charge in [0.25, 0.3) is 5.56 Å². The van der Waals surface area contributed by atoms with Crippen molar-refractivity contribution in [1.82, 2.24) is 19.7 Å². The molecule has 138 valence electrons. The van der Waals surface area contributed by atoms with E-state index in [9.17, 15) is 9.59 Å². The van der Waals surface area contributed by atoms with E-state index >= 15 is 0 Å². The number of rotatable bonds is 4. The molecule has 2 N–H and O–H groups in total. The number of carbonyl (C=O) groups excluding carboxylic acids is 1. The van der Waals surface area contributed by atoms with Gasteiger partial charge in [0.05, 0.1) is 17.8 Å². The molecule has 1 aromatic carbocycles. The van der Waals surface area contributed by atoms with Gasteiger partial charge in [-0.15, -0.1) is 0 Å². The number of aryl methyl sites for hydroxylation is 3. The quantitative estimate of drug-likeness (QED) is 0.743. The van der Waals surface area contributed by atoms with E-state index in [1.54, 1.807) is 6.07 Å². The van der Waals surface area contributed by atoms with Crippen molar-refractivity contribution < 1.29 is 4.79 Å². The molecule has 7 nitrogen and oxygen atoms in total. The monoisotopic (exact) mass is 363 g/mol. The van der Waals surface area contributed by atoms with E-state index in [4.69, 9.17) is 0 Å². The highest BCUT2D eigenvalue weighted by Gasteiger charge is 2.20. The van der Waals surface area contributed by atoms with Crippen LogP contribution in [0.3, 0.4) is 0 Å². The van der Waals surface area contributed by atoms with Crippen molar-refractivity contribution in [3.05, 3.63) is 68.8 Å². The van der Waals surface area contributed by atoms with Gasteiger partial charge in [0.2, 0.25) is 11.9 Å². The largest absolute Gasteiger partial charge is 0.310 e. The van der Waals surface area contributed by atoms with Crippen molar-refractivity contribution >= 4 is 11.7 Å². The molecule has 0 radical (unpaired) electrons. The van der Waals surface area contributed by atoms with Crippen molar-refractivity contribution in [2.45, 2.75) is 39.5 Å². The van der Waals surface area contributed by atoms with E-state index in [1.165, 1.54) is 4.68 Å². The van der Waals surface area contributed by atoms with Crippen molar-refractivity contribution in [3.8, 4) is 5.95 Å². The molecular formula is C20H21N5O2. The van der Waals surface area contributed by atoms with Crippen molar-refractivity contribution in [3.63, 3.8) is 0 Å². The van der Waals surface area contributed by atoms with Gasteiger partial charge in [0.15, 0.2) is 0 Å². The van der Waals surface area contributed by atoms with Gasteiger partial charge >= 0.3 is 0 Å². The van der Waals surface area contributed by atoms with Crippen LogP contribution >= 0.6 is 0 Å². The first kappa shape index (κ1) is 17.2. The maximum atomic E-state index is 12.5. The Morgan fingerprint density at radius 3 is 2.93 bits per heavy atom. The molecule has 27 heavy (non-hydrogen) atoms. The van der Waals surface area contributed by atoms with Crippen LogP contribution in [-0.4, -0.2) is 25.7 Å². The summed E-state index contributed by atoms with van der Waals surface area (Å²) < 4.78 is 1.49. The predicted molar refractivity (Wildman–Crippen MR) is 102 cm³/mol. The molecular weight excluding hydrogens is 342 g/mol. The lowest BCUT2D eigenvalue weighted by Gasteiger charge is -2.09. The topological polar surface area (TPSA) is 92.7 Å². The predicted octanol–water partition coefficient (Wildman–Crippen LogP) is 2.24. The molecule has 0 saturated heterocycles. The summed E-state index contributed by atoms with van der Waals surface area (Å²) in [6.45, 7) is 3.83. The lowest BCUT2D eigenvalue weighted by atomic mass is 10.1. The molecule has 0 unspecified atom stereocenters. The van der Waals surface area contributed by atoms with Gasteiger partial charge < -0.3 is 5.32 Å². The average molecular weight is 363 g/mol. The molecule has 0 atom stereocenters. The molecule has 0 bridgehead atoms. The molecule has 3 aromatic rings. The minimum Gasteiger partial charge on any atom is -0.310 e. The SMILES string of the molecule is Cc1cccc(CC(=O)Nc2cc(C)nn2-c2nc3c(c(=O)[nH]2)CCC3)c1. The fourth-order valence-electron chi connectivity index (χ4n) is 3.47. The van der Waals surface area contributed by atoms with E-state index in [-0.39, 0.29) is 17.9 Å². The van der Waals surface area contributed by atoms with Gasteiger partial charge in [-0.25, -0.2) is 4.98 Å². The van der Waals surface area contributed by atoms with Gasteiger partial charge in [-0.3, -0.25) is 14.6 Å². The zero-order valence-corrected chi connectivity index (χ0v) is 15.4. The molecule has 0 spiro atoms. The average Bonchev–Trinajstić information content (AvgIpc) is 3.21. The minimum absolute atomic E-state index is 0.127. The number of carbonyl (C=O) groups is 1. The normalized spacial score (nSPS) is 12.8. The highest BCUT2D eigenvalue weighted by atomic mass is 16.1. The Balaban J connectivity index is 1.61. The Labute approximate surface area is 156 Å². The second-order valence-corrected chi connectivity index (χ2v) is 6.97. The third-order valence-electron chi connectivity index (χ3n) is 4.68. The minimum atomic E-state index is -0.148. The Kier molecular flexibility index (Phi) is 4.35. The highest BCUT2D eigenvalue weighted by Crippen LogP contribution is 2.19. The zero-order chi connectivity index (χ0) is 19.0. The maximum absolute atomic E-state index is 12.5. The third-order valence-corrected chi connectivity index (χ3v) is 4.68. The van der Waals surface area contributed by atoms with Crippen LogP contribution in [0.1, 0.15) is 34.5 Å². The summed E-state index contributed by atoms with van der Waals surface area (Å²) in [5.74, 6) is 0.677. The molecule has 7 heteroatoms. The standard InChI is InChI=1S/C20H21N5O2/c1-12-5-3-6-14(9-12)11-18(26)22-17-10-13(2)24-25(17)20-21-16-8-4-7-15(16)19(27)23-20/h3,5-6,9-10H,4,7-8,11H2,1-2H3,(H,22,26)(H,21,23,27). The number of amides is 1. The lowest BCUT2D eigenvalue weighted by Crippen LogP contribution is -2.21. The Morgan fingerprint density at radius 1 is 1.26 bits per heavy atom. The van der Waals surface area contributed by atoms with Crippen molar-refractivity contribution in [2.75, 3.05) is 5.32 Å². The summed E-state index contributed by atoms with van der Waals surface area (Å²) >= 11 is 0. The molecule has 2 heterocycles. The summed E-state index contributed by atoms with van der Waals surface area (Å²) in [4.78, 5) is 32.1. The number of nitrogens with zero attached hydrogens (tertiary/aromatic N) is 3. The zero-order valence-electron chi connectivity index (χ0n) is 15.4. The smallest absolute Gasteiger partial charge is 0.255 e. The summed E-state index contributed by atoms with van der Waals surface area (Å²) in [5, 5.41) is 7.28. The third kappa shape index (κ3) is 3.53. The Morgan fingerprint density at radius 2 is 2.11 bits per heavy atom. The second-order valence-electron chi connectivity index (χ2n) is 6.97. The molecule has 1 amide bonds. The van der Waals surface area contributed by atoms with Crippen LogP contribution in [0.2, 0.25) is 0 Å². The fourth-order valence-corrected chi connectivity index (χ4v) is 3.47. The van der Waals surface area contributed by atoms with E-state index in [1.807, 2.05) is 38.1 Å². The lowest BCUT2D eigenvalue weighted by molar-refractivity contribution is -0.115. The van der Waals surface area contributed by atoms with Gasteiger partial charge in [-0.2, -0.15) is 9.78 Å². The Bertz CT molecular complexity index is 1080. The van der Waals surface area contributed by atoms with Crippen LogP contribution in [0.25, 0.3) is 5.95 Å². The van der Waals surface area contributed by atoms with Gasteiger partial charge in [0, 0.05) is 11.6 Å². The number of benzene rings is 1. The second kappa shape index (κ2) is 6.83. The number of H-pyrrole nitrogens is 1. The van der Waals surface area contributed by atoms with Crippen LogP contribution in [0.15, 0.2) is 35.1 Å². The van der Waals surface area contributed by atoms with Crippen LogP contribution in [0, 0.1) is 13.8 Å². The van der Waals surface area contributed by atoms with Crippen molar-refractivity contribution in [2.24, 2.45) is 0 Å². The first-order valence-corrected chi connectivity index (χ1v) is 9.04. The van der Waals surface area contributed by atoms with Crippen molar-refractivity contribution in [1.29, 1.82) is 0 Å². The number of nitrogens with one attached hydrogen (secondary N) is 2. The van der Waals surface area contributed by atoms with E-state index in [0.717, 1.165) is 47.3 Å². The molecule has 2 aromatic heterocycles. The summed E-state index contributed by atoms with van der Waals surface area (Å²) in [6.07, 6.45) is 2.75. The Hall–Kier alpha value is -3.22. The molecule has 1 aliphatic rings. The number of fused-ring (bicyclic) bond motifs is 1. The maximum Gasteiger partial charge on any atom is 0.255 e. The number of hydrogen-bond acceptors (Lipinski definition) is 4. The molecule has 0 aliphatic heterocycles. The van der Waals surface area contributed by atoms with Crippen LogP contribution in [0.4, 0.5) is 5.82 Å². The van der Waals surface area contributed by atoms with E-state index in [0.29, 0.717) is 11.8 Å². The van der Waals surface area contributed by atoms with Crippen LogP contribution in [-0.2, 0) is 24.1 Å². The fraction of sp³-hybridized carbons (Fsp3) is 0.300. The first-order valence-electron chi connectivity index (χ1n) is 9.04. The molecule has 1 aliphatic carbocycles. The first-order chi connectivity index (χ1) is 13.0. The van der Waals surface area contributed by atoms with Crippen LogP contribution in [0.5, 0.6) is 0 Å². The number of hydrogen-bond donors (Lipinski definition) is 2. The summed E-state index contributed by atoms with van der Waals surface area (Å²) in [5.41, 5.74) is 4.23. The molecule has 0 saturated carbocycles. The summed E-state index contributed by atoms with van der Waals surface area (Å²) in [6, 6.07) is 9.61. The summed E-state index contributed by atoms with van der Waals surface area (Å²) in [7, 11) is 0. The van der Waals surface area contributed by atoms with Gasteiger partial charge in [0.1, 0.15) is 5.82 Å². The van der Waals surface area contributed by atoms with Gasteiger partial charge in [-0.05, 0) is 38.7 Å². The van der Waals surface area contributed by atoms with Crippen LogP contribution < -0.4 is 10.9 Å². The number of aromatic amines is 1. The van der Waals surface area contributed by atoms with Gasteiger partial charge in [-0.1, -0.05) is 29.8 Å². The molecule has 4 rings (SSSR count). The molecule has 0 fully saturated rings. The number of anilines is 1. The van der Waals surface area contributed by atoms with E-state index in [2.05, 4.69) is 20.4 Å². The number of aromatic nitrogens is 4. The van der Waals surface area contributed by atoms with E-state index < -0.39 is 0 Å². The highest BCUT2D eigenvalue weighted by molar-refractivity contribution is 5.91.